The predicted octanol–water partition coefficient (Wildman–Crippen LogP) is 4.28. The van der Waals surface area contributed by atoms with Crippen LogP contribution in [0.4, 0.5) is 5.00 Å². The van der Waals surface area contributed by atoms with Crippen molar-refractivity contribution in [3.8, 4) is 0 Å². The number of Topliss-reactive ketones (excluding diaryl/α,β-unsaturated/α-hetero) is 1. The van der Waals surface area contributed by atoms with Gasteiger partial charge in [0.05, 0.1) is 11.3 Å². The number of anilines is 1. The minimum absolute atomic E-state index is 0.116. The maximum Gasteiger partial charge on any atom is 0.164 e. The molecule has 0 saturated heterocycles. The van der Waals surface area contributed by atoms with Crippen molar-refractivity contribution in [3.05, 3.63) is 11.3 Å². The molecule has 0 bridgehead atoms. The van der Waals surface area contributed by atoms with E-state index in [2.05, 4.69) is 23.5 Å². The standard InChI is InChI=1S/C15H24N2OS/c1-9(2)12-7-5-6-8-13(12)16-15-14(11(4)18)10(3)17-19-15/h9,12-13,16H,5-8H2,1-4H3. The van der Waals surface area contributed by atoms with Crippen LogP contribution in [0.5, 0.6) is 0 Å². The molecule has 0 aromatic carbocycles. The zero-order valence-electron chi connectivity index (χ0n) is 12.3. The van der Waals surface area contributed by atoms with Gasteiger partial charge in [-0.1, -0.05) is 26.7 Å². The zero-order valence-corrected chi connectivity index (χ0v) is 13.1. The van der Waals surface area contributed by atoms with Crippen molar-refractivity contribution in [2.75, 3.05) is 5.32 Å². The lowest BCUT2D eigenvalue weighted by atomic mass is 9.78. The molecule has 2 rings (SSSR count). The molecule has 1 aliphatic carbocycles. The van der Waals surface area contributed by atoms with E-state index >= 15 is 0 Å². The van der Waals surface area contributed by atoms with Crippen LogP contribution in [0.1, 0.15) is 62.5 Å². The highest BCUT2D eigenvalue weighted by atomic mass is 32.1. The topological polar surface area (TPSA) is 42.0 Å². The van der Waals surface area contributed by atoms with Crippen molar-refractivity contribution < 1.29 is 4.79 Å². The second-order valence-electron chi connectivity index (χ2n) is 5.97. The van der Waals surface area contributed by atoms with Gasteiger partial charge in [-0.3, -0.25) is 4.79 Å². The van der Waals surface area contributed by atoms with Crippen molar-refractivity contribution in [3.63, 3.8) is 0 Å². The molecule has 2 unspecified atom stereocenters. The summed E-state index contributed by atoms with van der Waals surface area (Å²) >= 11 is 1.43. The maximum atomic E-state index is 11.7. The van der Waals surface area contributed by atoms with Crippen molar-refractivity contribution in [2.45, 2.75) is 59.4 Å². The lowest BCUT2D eigenvalue weighted by Gasteiger charge is -2.35. The van der Waals surface area contributed by atoms with E-state index in [0.29, 0.717) is 17.9 Å². The molecule has 1 heterocycles. The van der Waals surface area contributed by atoms with Gasteiger partial charge in [0.2, 0.25) is 0 Å². The molecule has 1 aliphatic rings. The van der Waals surface area contributed by atoms with E-state index in [1.165, 1.54) is 37.2 Å². The summed E-state index contributed by atoms with van der Waals surface area (Å²) in [4.78, 5) is 11.7. The number of hydrogen-bond acceptors (Lipinski definition) is 4. The third-order valence-corrected chi connectivity index (χ3v) is 5.08. The highest BCUT2D eigenvalue weighted by molar-refractivity contribution is 7.10. The first-order valence-corrected chi connectivity index (χ1v) is 8.01. The summed E-state index contributed by atoms with van der Waals surface area (Å²) in [5.41, 5.74) is 1.65. The van der Waals surface area contributed by atoms with Crippen LogP contribution in [0, 0.1) is 18.8 Å². The molecule has 2 atom stereocenters. The summed E-state index contributed by atoms with van der Waals surface area (Å²) in [6, 6.07) is 0.492. The Bertz CT molecular complexity index is 453. The third-order valence-electron chi connectivity index (χ3n) is 4.21. The molecular weight excluding hydrogens is 256 g/mol. The Morgan fingerprint density at radius 3 is 2.68 bits per heavy atom. The molecule has 0 radical (unpaired) electrons. The minimum atomic E-state index is 0.116. The van der Waals surface area contributed by atoms with E-state index in [9.17, 15) is 4.79 Å². The first-order chi connectivity index (χ1) is 9.00. The predicted molar refractivity (Wildman–Crippen MR) is 81.1 cm³/mol. The summed E-state index contributed by atoms with van der Waals surface area (Å²) in [6.07, 6.45) is 5.12. The van der Waals surface area contributed by atoms with E-state index in [4.69, 9.17) is 0 Å². The second-order valence-corrected chi connectivity index (χ2v) is 6.74. The van der Waals surface area contributed by atoms with Gasteiger partial charge in [0.15, 0.2) is 5.78 Å². The molecule has 1 aromatic heterocycles. The highest BCUT2D eigenvalue weighted by Gasteiger charge is 2.29. The van der Waals surface area contributed by atoms with Gasteiger partial charge < -0.3 is 5.32 Å². The Morgan fingerprint density at radius 1 is 1.37 bits per heavy atom. The summed E-state index contributed by atoms with van der Waals surface area (Å²) in [6.45, 7) is 8.14. The Kier molecular flexibility index (Phi) is 4.61. The molecule has 1 N–H and O–H groups in total. The van der Waals surface area contributed by atoms with Crippen LogP contribution in [-0.4, -0.2) is 16.2 Å². The molecule has 106 valence electrons. The van der Waals surface area contributed by atoms with Crippen molar-refractivity contribution >= 4 is 22.3 Å². The summed E-state index contributed by atoms with van der Waals surface area (Å²) in [7, 11) is 0. The Labute approximate surface area is 120 Å². The van der Waals surface area contributed by atoms with E-state index in [1.807, 2.05) is 6.92 Å². The molecule has 3 nitrogen and oxygen atoms in total. The fourth-order valence-corrected chi connectivity index (χ4v) is 4.09. The number of ketones is 1. The largest absolute Gasteiger partial charge is 0.372 e. The van der Waals surface area contributed by atoms with Gasteiger partial charge in [-0.2, -0.15) is 4.37 Å². The number of nitrogens with zero attached hydrogens (tertiary/aromatic N) is 1. The average Bonchev–Trinajstić information content (AvgIpc) is 2.71. The number of nitrogens with one attached hydrogen (secondary N) is 1. The van der Waals surface area contributed by atoms with E-state index in [-0.39, 0.29) is 5.78 Å². The summed E-state index contributed by atoms with van der Waals surface area (Å²) in [5, 5.41) is 4.59. The number of hydrogen-bond donors (Lipinski definition) is 1. The van der Waals surface area contributed by atoms with Crippen LogP contribution in [-0.2, 0) is 0 Å². The molecule has 0 aliphatic heterocycles. The minimum Gasteiger partial charge on any atom is -0.372 e. The van der Waals surface area contributed by atoms with Gasteiger partial charge in [-0.25, -0.2) is 0 Å². The Morgan fingerprint density at radius 2 is 2.05 bits per heavy atom. The fraction of sp³-hybridized carbons (Fsp3) is 0.733. The molecule has 0 spiro atoms. The van der Waals surface area contributed by atoms with Crippen molar-refractivity contribution in [2.24, 2.45) is 11.8 Å². The number of aryl methyl sites for hydroxylation is 1. The van der Waals surface area contributed by atoms with E-state index < -0.39 is 0 Å². The van der Waals surface area contributed by atoms with Gasteiger partial charge in [0, 0.05) is 6.04 Å². The number of rotatable bonds is 4. The van der Waals surface area contributed by atoms with Crippen LogP contribution in [0.15, 0.2) is 0 Å². The number of aromatic nitrogens is 1. The molecule has 1 aromatic rings. The van der Waals surface area contributed by atoms with Gasteiger partial charge in [-0.05, 0) is 50.1 Å². The third kappa shape index (κ3) is 3.16. The molecule has 0 amide bonds. The van der Waals surface area contributed by atoms with Gasteiger partial charge >= 0.3 is 0 Å². The van der Waals surface area contributed by atoms with Crippen LogP contribution in [0.2, 0.25) is 0 Å². The maximum absolute atomic E-state index is 11.7. The van der Waals surface area contributed by atoms with Crippen molar-refractivity contribution in [1.82, 2.24) is 4.37 Å². The molecule has 19 heavy (non-hydrogen) atoms. The number of carbonyl (C=O) groups excluding carboxylic acids is 1. The second kappa shape index (κ2) is 6.04. The summed E-state index contributed by atoms with van der Waals surface area (Å²) in [5.74, 6) is 1.51. The van der Waals surface area contributed by atoms with Crippen molar-refractivity contribution in [1.29, 1.82) is 0 Å². The average molecular weight is 280 g/mol. The fourth-order valence-electron chi connectivity index (χ4n) is 3.19. The monoisotopic (exact) mass is 280 g/mol. The van der Waals surface area contributed by atoms with E-state index in [1.54, 1.807) is 6.92 Å². The molecule has 1 fully saturated rings. The first kappa shape index (κ1) is 14.5. The normalized spacial score (nSPS) is 23.6. The Balaban J connectivity index is 2.17. The molecule has 1 saturated carbocycles. The lowest BCUT2D eigenvalue weighted by molar-refractivity contribution is 0.101. The molecule has 4 heteroatoms. The van der Waals surface area contributed by atoms with Crippen LogP contribution in [0.25, 0.3) is 0 Å². The highest BCUT2D eigenvalue weighted by Crippen LogP contribution is 2.34. The zero-order chi connectivity index (χ0) is 14.0. The van der Waals surface area contributed by atoms with Gasteiger partial charge in [0.25, 0.3) is 0 Å². The van der Waals surface area contributed by atoms with Crippen LogP contribution < -0.4 is 5.32 Å². The van der Waals surface area contributed by atoms with E-state index in [0.717, 1.165) is 16.3 Å². The first-order valence-electron chi connectivity index (χ1n) is 7.24. The Hall–Kier alpha value is -0.900. The molecular formula is C15H24N2OS. The van der Waals surface area contributed by atoms with Crippen LogP contribution >= 0.6 is 11.5 Å². The number of carbonyl (C=O) groups is 1. The van der Waals surface area contributed by atoms with Crippen LogP contribution in [0.3, 0.4) is 0 Å². The van der Waals surface area contributed by atoms with Gasteiger partial charge in [0.1, 0.15) is 5.00 Å². The van der Waals surface area contributed by atoms with Gasteiger partial charge in [-0.15, -0.1) is 0 Å². The smallest absolute Gasteiger partial charge is 0.164 e. The lowest BCUT2D eigenvalue weighted by Crippen LogP contribution is -2.35. The quantitative estimate of drug-likeness (QED) is 0.837. The summed E-state index contributed by atoms with van der Waals surface area (Å²) < 4.78 is 4.33. The SMILES string of the molecule is CC(=O)c1c(C)nsc1NC1CCCCC1C(C)C.